The first-order valence-electron chi connectivity index (χ1n) is 9.77. The van der Waals surface area contributed by atoms with E-state index in [4.69, 9.17) is 0 Å². The quantitative estimate of drug-likeness (QED) is 0.318. The van der Waals surface area contributed by atoms with Gasteiger partial charge in [0.25, 0.3) is 0 Å². The molecule has 0 aliphatic heterocycles. The molecule has 0 fully saturated rings. The van der Waals surface area contributed by atoms with E-state index in [9.17, 15) is 8.78 Å². The van der Waals surface area contributed by atoms with Gasteiger partial charge in [0, 0.05) is 0 Å². The van der Waals surface area contributed by atoms with Gasteiger partial charge in [-0.25, -0.2) is 0 Å². The zero-order chi connectivity index (χ0) is 20.3. The number of hydrogen-bond donors (Lipinski definition) is 0. The topological polar surface area (TPSA) is 0 Å². The molecule has 4 rings (SSSR count). The zero-order valence-corrected chi connectivity index (χ0v) is 19.3. The molecule has 154 valence electrons. The summed E-state index contributed by atoms with van der Waals surface area (Å²) in [4.78, 5) is 0. The van der Waals surface area contributed by atoms with Crippen molar-refractivity contribution >= 4 is 44.8 Å². The Bertz CT molecular complexity index is 1020. The van der Waals surface area contributed by atoms with Crippen molar-refractivity contribution < 1.29 is 8.78 Å². The summed E-state index contributed by atoms with van der Waals surface area (Å²) in [5.41, 5.74) is 0. The number of rotatable bonds is 5. The number of halogens is 3. The second kappa shape index (κ2) is 8.79. The molecule has 0 saturated heterocycles. The van der Waals surface area contributed by atoms with Gasteiger partial charge in [-0.05, 0) is 0 Å². The predicted octanol–water partition coefficient (Wildman–Crippen LogP) is 5.72. The molecule has 0 bridgehead atoms. The summed E-state index contributed by atoms with van der Waals surface area (Å²) in [6.45, 7) is -1.15. The van der Waals surface area contributed by atoms with Crippen LogP contribution in [-0.2, 0) is 0 Å². The van der Waals surface area contributed by atoms with Gasteiger partial charge in [-0.3, -0.25) is 0 Å². The predicted molar refractivity (Wildman–Crippen MR) is 132 cm³/mol. The van der Waals surface area contributed by atoms with Crippen LogP contribution in [0.2, 0.25) is 0 Å². The van der Waals surface area contributed by atoms with Crippen LogP contribution in [0.25, 0.3) is 0 Å². The minimum absolute atomic E-state index is 0. The SMILES string of the molecule is Br.CCP(c1ccccc1)(c1ccccc1)(c1ccccc1)c1ccc(F)c(F)c1. The van der Waals surface area contributed by atoms with Gasteiger partial charge in [0.05, 0.1) is 0 Å². The van der Waals surface area contributed by atoms with Crippen LogP contribution in [0.3, 0.4) is 0 Å². The average molecular weight is 485 g/mol. The van der Waals surface area contributed by atoms with Gasteiger partial charge < -0.3 is 0 Å². The summed E-state index contributed by atoms with van der Waals surface area (Å²) in [7, 11) is 0. The van der Waals surface area contributed by atoms with Crippen molar-refractivity contribution in [3.63, 3.8) is 0 Å². The summed E-state index contributed by atoms with van der Waals surface area (Å²) in [5.74, 6) is -1.64. The number of benzene rings is 4. The molecule has 0 amide bonds. The third-order valence-electron chi connectivity index (χ3n) is 6.08. The van der Waals surface area contributed by atoms with Crippen molar-refractivity contribution in [2.24, 2.45) is 0 Å². The van der Waals surface area contributed by atoms with Crippen LogP contribution in [0.15, 0.2) is 109 Å². The summed E-state index contributed by atoms with van der Waals surface area (Å²) in [6, 6.07) is 35.3. The molecule has 0 aliphatic carbocycles. The van der Waals surface area contributed by atoms with Gasteiger partial charge in [0.2, 0.25) is 0 Å². The van der Waals surface area contributed by atoms with E-state index in [1.54, 1.807) is 6.07 Å². The molecular formula is C26H24BrF2P. The van der Waals surface area contributed by atoms with Gasteiger partial charge in [-0.15, -0.1) is 17.0 Å². The van der Waals surface area contributed by atoms with E-state index in [0.29, 0.717) is 0 Å². The van der Waals surface area contributed by atoms with Crippen LogP contribution in [0, 0.1) is 11.6 Å². The van der Waals surface area contributed by atoms with Crippen LogP contribution < -0.4 is 21.2 Å². The first-order chi connectivity index (χ1) is 14.1. The molecule has 0 aliphatic rings. The first kappa shape index (κ1) is 22.3. The molecule has 0 heterocycles. The third-order valence-corrected chi connectivity index (χ3v) is 13.1. The molecule has 4 aromatic rings. The molecule has 0 unspecified atom stereocenters. The summed E-state index contributed by atoms with van der Waals surface area (Å²) < 4.78 is 28.6. The molecule has 0 aromatic heterocycles. The zero-order valence-electron chi connectivity index (χ0n) is 16.7. The van der Waals surface area contributed by atoms with Gasteiger partial charge >= 0.3 is 171 Å². The van der Waals surface area contributed by atoms with Crippen molar-refractivity contribution in [1.29, 1.82) is 0 Å². The van der Waals surface area contributed by atoms with Crippen molar-refractivity contribution in [2.75, 3.05) is 6.16 Å². The molecule has 30 heavy (non-hydrogen) atoms. The van der Waals surface area contributed by atoms with E-state index in [0.717, 1.165) is 27.4 Å². The van der Waals surface area contributed by atoms with Gasteiger partial charge in [-0.1, -0.05) is 0 Å². The molecule has 4 aromatic carbocycles. The van der Waals surface area contributed by atoms with E-state index in [1.165, 1.54) is 12.1 Å². The normalized spacial score (nSPS) is 12.4. The summed E-state index contributed by atoms with van der Waals surface area (Å²) in [5, 5.41) is 4.26. The van der Waals surface area contributed by atoms with Crippen LogP contribution in [0.5, 0.6) is 0 Å². The fourth-order valence-electron chi connectivity index (χ4n) is 4.69. The van der Waals surface area contributed by atoms with Crippen molar-refractivity contribution in [3.8, 4) is 0 Å². The van der Waals surface area contributed by atoms with E-state index < -0.39 is 18.2 Å². The molecule has 0 nitrogen and oxygen atoms in total. The summed E-state index contributed by atoms with van der Waals surface area (Å²) in [6.07, 6.45) is 0.759. The Morgan fingerprint density at radius 3 is 1.27 bits per heavy atom. The van der Waals surface area contributed by atoms with Crippen molar-refractivity contribution in [3.05, 3.63) is 121 Å². The molecule has 4 heteroatoms. The minimum atomic E-state index is -3.31. The third kappa shape index (κ3) is 3.12. The molecular weight excluding hydrogens is 461 g/mol. The fraction of sp³-hybridized carbons (Fsp3) is 0.0769. The maximum atomic E-state index is 14.6. The Morgan fingerprint density at radius 2 is 0.933 bits per heavy atom. The van der Waals surface area contributed by atoms with Crippen LogP contribution in [0.4, 0.5) is 8.78 Å². The van der Waals surface area contributed by atoms with E-state index in [1.807, 2.05) is 54.6 Å². The Labute approximate surface area is 187 Å². The van der Waals surface area contributed by atoms with E-state index in [2.05, 4.69) is 43.3 Å². The van der Waals surface area contributed by atoms with E-state index >= 15 is 0 Å². The second-order valence-corrected chi connectivity index (χ2v) is 12.5. The first-order valence-corrected chi connectivity index (χ1v) is 12.2. The molecule has 0 saturated carbocycles. The second-order valence-electron chi connectivity index (χ2n) is 7.22. The molecule has 0 radical (unpaired) electrons. The Morgan fingerprint density at radius 1 is 0.533 bits per heavy atom. The average Bonchev–Trinajstić information content (AvgIpc) is 2.80. The Hall–Kier alpha value is -2.35. The van der Waals surface area contributed by atoms with E-state index in [-0.39, 0.29) is 17.0 Å². The molecule has 0 spiro atoms. The van der Waals surface area contributed by atoms with Crippen molar-refractivity contribution in [1.82, 2.24) is 0 Å². The molecule has 0 N–H and O–H groups in total. The fourth-order valence-corrected chi connectivity index (χ4v) is 11.2. The van der Waals surface area contributed by atoms with Crippen LogP contribution in [0.1, 0.15) is 6.92 Å². The Balaban J connectivity index is 0.00000256. The van der Waals surface area contributed by atoms with Gasteiger partial charge in [0.1, 0.15) is 0 Å². The standard InChI is InChI=1S/C26H23F2P.BrH/c1-2-29(21-12-6-3-7-13-21,22-14-8-4-9-15-22,23-16-10-5-11-17-23)24-18-19-25(27)26(28)20-24;/h3-20H,2H2,1H3;1H. The monoisotopic (exact) mass is 484 g/mol. The Kier molecular flexibility index (Phi) is 6.55. The van der Waals surface area contributed by atoms with Crippen LogP contribution >= 0.6 is 23.6 Å². The van der Waals surface area contributed by atoms with Gasteiger partial charge in [0.15, 0.2) is 0 Å². The number of hydrogen-bond acceptors (Lipinski definition) is 0. The molecule has 0 atom stereocenters. The van der Waals surface area contributed by atoms with Gasteiger partial charge in [-0.2, -0.15) is 0 Å². The van der Waals surface area contributed by atoms with Crippen molar-refractivity contribution in [2.45, 2.75) is 6.92 Å². The summed E-state index contributed by atoms with van der Waals surface area (Å²) >= 11 is 0. The van der Waals surface area contributed by atoms with Crippen LogP contribution in [-0.4, -0.2) is 6.16 Å². The maximum absolute atomic E-state index is 14.6.